The average molecular weight is 196 g/mol. The van der Waals surface area contributed by atoms with Crippen molar-refractivity contribution in [3.05, 3.63) is 42.0 Å². The van der Waals surface area contributed by atoms with Crippen LogP contribution in [0.25, 0.3) is 5.76 Å². The second kappa shape index (κ2) is 4.28. The van der Waals surface area contributed by atoms with Gasteiger partial charge in [0, 0.05) is 11.6 Å². The van der Waals surface area contributed by atoms with E-state index in [1.807, 2.05) is 18.2 Å². The summed E-state index contributed by atoms with van der Waals surface area (Å²) in [5.74, 6) is 0.149. The third kappa shape index (κ3) is 2.68. The maximum absolute atomic E-state index is 9.42. The second-order valence-electron chi connectivity index (χ2n) is 2.23. The van der Waals surface area contributed by atoms with Crippen molar-refractivity contribution in [1.82, 2.24) is 0 Å². The van der Waals surface area contributed by atoms with E-state index in [4.69, 9.17) is 12.2 Å². The number of rotatable bonds is 2. The summed E-state index contributed by atoms with van der Waals surface area (Å²) >= 11 is 8.58. The molecule has 62 valence electrons. The smallest absolute Gasteiger partial charge is 0.124 e. The van der Waals surface area contributed by atoms with Crippen LogP contribution in [-0.4, -0.2) is 9.30 Å². The molecule has 1 nitrogen and oxygen atoms in total. The molecule has 0 aromatic heterocycles. The Kier molecular flexibility index (Phi) is 3.31. The normalized spacial score (nSPS) is 11.2. The molecule has 0 radical (unpaired) electrons. The fourth-order valence-corrected chi connectivity index (χ4v) is 1.04. The number of hydrogen-bond donors (Lipinski definition) is 2. The molecule has 0 unspecified atom stereocenters. The molecule has 0 fully saturated rings. The number of thiol groups is 1. The molecule has 3 heteroatoms. The molecule has 0 saturated heterocycles. The third-order valence-corrected chi connectivity index (χ3v) is 1.58. The fourth-order valence-electron chi connectivity index (χ4n) is 0.809. The van der Waals surface area contributed by atoms with Gasteiger partial charge < -0.3 is 5.11 Å². The lowest BCUT2D eigenvalue weighted by Crippen LogP contribution is -1.84. The Balaban J connectivity index is 2.93. The Morgan fingerprint density at radius 2 is 1.92 bits per heavy atom. The highest BCUT2D eigenvalue weighted by molar-refractivity contribution is 8.11. The molecule has 0 aliphatic rings. The zero-order chi connectivity index (χ0) is 8.97. The molecule has 0 bridgehead atoms. The molecule has 0 amide bonds. The molecule has 0 aliphatic carbocycles. The van der Waals surface area contributed by atoms with Crippen LogP contribution in [0.2, 0.25) is 0 Å². The van der Waals surface area contributed by atoms with Crippen molar-refractivity contribution in [2.24, 2.45) is 0 Å². The first kappa shape index (κ1) is 9.29. The summed E-state index contributed by atoms with van der Waals surface area (Å²) in [7, 11) is 0. The van der Waals surface area contributed by atoms with Gasteiger partial charge in [-0.2, -0.15) is 0 Å². The summed E-state index contributed by atoms with van der Waals surface area (Å²) in [6.07, 6.45) is 1.44. The van der Waals surface area contributed by atoms with Crippen LogP contribution in [0.5, 0.6) is 0 Å². The third-order valence-electron chi connectivity index (χ3n) is 1.33. The van der Waals surface area contributed by atoms with Gasteiger partial charge in [0.2, 0.25) is 0 Å². The lowest BCUT2D eigenvalue weighted by Gasteiger charge is -1.97. The van der Waals surface area contributed by atoms with Crippen LogP contribution in [-0.2, 0) is 0 Å². The minimum absolute atomic E-state index is 0.149. The molecule has 1 rings (SSSR count). The highest BCUT2D eigenvalue weighted by atomic mass is 32.1. The molecular weight excluding hydrogens is 188 g/mol. The molecule has 1 aromatic carbocycles. The van der Waals surface area contributed by atoms with Crippen LogP contribution in [0.4, 0.5) is 0 Å². The molecule has 0 aliphatic heterocycles. The number of thiocarbonyl (C=S) groups is 1. The van der Waals surface area contributed by atoms with E-state index in [1.165, 1.54) is 6.08 Å². The zero-order valence-electron chi connectivity index (χ0n) is 6.27. The van der Waals surface area contributed by atoms with Crippen LogP contribution in [0, 0.1) is 0 Å². The number of hydrogen-bond acceptors (Lipinski definition) is 2. The summed E-state index contributed by atoms with van der Waals surface area (Å²) in [6, 6.07) is 9.19. The van der Waals surface area contributed by atoms with Gasteiger partial charge in [-0.3, -0.25) is 0 Å². The molecular formula is C9H8OS2. The Morgan fingerprint density at radius 1 is 1.33 bits per heavy atom. The lowest BCUT2D eigenvalue weighted by molar-refractivity contribution is 0.512. The van der Waals surface area contributed by atoms with Gasteiger partial charge >= 0.3 is 0 Å². The molecule has 0 spiro atoms. The summed E-state index contributed by atoms with van der Waals surface area (Å²) in [5.41, 5.74) is 0.744. The van der Waals surface area contributed by atoms with Crippen LogP contribution in [0.15, 0.2) is 36.4 Å². The van der Waals surface area contributed by atoms with Crippen molar-refractivity contribution in [2.45, 2.75) is 0 Å². The van der Waals surface area contributed by atoms with E-state index in [9.17, 15) is 5.11 Å². The molecule has 1 aromatic rings. The predicted octanol–water partition coefficient (Wildman–Crippen LogP) is 2.84. The monoisotopic (exact) mass is 196 g/mol. The van der Waals surface area contributed by atoms with Gasteiger partial charge in [0.05, 0.1) is 4.20 Å². The summed E-state index contributed by atoms with van der Waals surface area (Å²) < 4.78 is 0.372. The van der Waals surface area contributed by atoms with Crippen molar-refractivity contribution in [3.8, 4) is 0 Å². The number of aliphatic hydroxyl groups is 1. The van der Waals surface area contributed by atoms with E-state index < -0.39 is 0 Å². The summed E-state index contributed by atoms with van der Waals surface area (Å²) in [4.78, 5) is 0. The van der Waals surface area contributed by atoms with Crippen LogP contribution >= 0.6 is 24.8 Å². The number of aliphatic hydroxyl groups excluding tert-OH is 1. The first-order valence-electron chi connectivity index (χ1n) is 3.39. The molecule has 0 heterocycles. The minimum atomic E-state index is 0.149. The number of benzene rings is 1. The molecule has 1 N–H and O–H groups in total. The van der Waals surface area contributed by atoms with Crippen LogP contribution in [0.3, 0.4) is 0 Å². The van der Waals surface area contributed by atoms with Crippen molar-refractivity contribution in [1.29, 1.82) is 0 Å². The van der Waals surface area contributed by atoms with Gasteiger partial charge in [0.25, 0.3) is 0 Å². The second-order valence-corrected chi connectivity index (χ2v) is 3.46. The fraction of sp³-hybridized carbons (Fsp3) is 0. The van der Waals surface area contributed by atoms with Gasteiger partial charge in [-0.05, 0) is 0 Å². The van der Waals surface area contributed by atoms with Crippen molar-refractivity contribution in [3.63, 3.8) is 0 Å². The maximum Gasteiger partial charge on any atom is 0.124 e. The highest BCUT2D eigenvalue weighted by Gasteiger charge is 1.96. The van der Waals surface area contributed by atoms with E-state index in [-0.39, 0.29) is 5.76 Å². The van der Waals surface area contributed by atoms with Crippen LogP contribution in [0.1, 0.15) is 5.56 Å². The molecule has 0 saturated carbocycles. The first-order chi connectivity index (χ1) is 5.70. The highest BCUT2D eigenvalue weighted by Crippen LogP contribution is 2.10. The van der Waals surface area contributed by atoms with E-state index in [0.29, 0.717) is 4.20 Å². The summed E-state index contributed by atoms with van der Waals surface area (Å²) in [5, 5.41) is 9.42. The average Bonchev–Trinajstić information content (AvgIpc) is 2.05. The van der Waals surface area contributed by atoms with Gasteiger partial charge in [0.15, 0.2) is 0 Å². The van der Waals surface area contributed by atoms with Crippen LogP contribution < -0.4 is 0 Å². The zero-order valence-corrected chi connectivity index (χ0v) is 7.98. The Bertz CT molecular complexity index is 304. The van der Waals surface area contributed by atoms with Crippen molar-refractivity contribution < 1.29 is 5.11 Å². The predicted molar refractivity (Wildman–Crippen MR) is 58.6 cm³/mol. The SMILES string of the molecule is O/C(=C\C(=S)S)c1ccccc1. The Hall–Kier alpha value is -0.800. The maximum atomic E-state index is 9.42. The Morgan fingerprint density at radius 3 is 2.42 bits per heavy atom. The minimum Gasteiger partial charge on any atom is -0.507 e. The van der Waals surface area contributed by atoms with Gasteiger partial charge in [-0.15, -0.1) is 12.6 Å². The standard InChI is InChI=1S/C9H8OS2/c10-8(6-9(11)12)7-4-2-1-3-5-7/h1-6,10H,(H,11,12)/b8-6-. The van der Waals surface area contributed by atoms with Crippen molar-refractivity contribution in [2.75, 3.05) is 0 Å². The van der Waals surface area contributed by atoms with Crippen molar-refractivity contribution >= 4 is 34.8 Å². The van der Waals surface area contributed by atoms with E-state index in [1.54, 1.807) is 12.1 Å². The van der Waals surface area contributed by atoms with E-state index in [0.717, 1.165) is 5.56 Å². The van der Waals surface area contributed by atoms with Gasteiger partial charge in [0.1, 0.15) is 5.76 Å². The topological polar surface area (TPSA) is 20.2 Å². The largest absolute Gasteiger partial charge is 0.507 e. The summed E-state index contributed by atoms with van der Waals surface area (Å²) in [6.45, 7) is 0. The van der Waals surface area contributed by atoms with Gasteiger partial charge in [-0.25, -0.2) is 0 Å². The quantitative estimate of drug-likeness (QED) is 0.328. The van der Waals surface area contributed by atoms with E-state index in [2.05, 4.69) is 12.6 Å². The van der Waals surface area contributed by atoms with E-state index >= 15 is 0 Å². The first-order valence-corrected chi connectivity index (χ1v) is 4.24. The Labute approximate surface area is 82.1 Å². The van der Waals surface area contributed by atoms with Gasteiger partial charge in [-0.1, -0.05) is 42.5 Å². The molecule has 0 atom stereocenters. The lowest BCUT2D eigenvalue weighted by atomic mass is 10.2. The molecule has 12 heavy (non-hydrogen) atoms.